The van der Waals surface area contributed by atoms with Crippen molar-refractivity contribution in [1.29, 1.82) is 0 Å². The number of nitrogens with zero attached hydrogens (tertiary/aromatic N) is 1. The molecule has 140 valence electrons. The lowest BCUT2D eigenvalue weighted by molar-refractivity contribution is -0.642. The molecule has 0 amide bonds. The molecule has 2 rings (SSSR count). The van der Waals surface area contributed by atoms with E-state index in [-0.39, 0.29) is 0 Å². The first-order chi connectivity index (χ1) is 12.8. The lowest BCUT2D eigenvalue weighted by atomic mass is 10.1. The second kappa shape index (κ2) is 9.72. The summed E-state index contributed by atoms with van der Waals surface area (Å²) in [6.07, 6.45) is 10.5. The third-order valence-electron chi connectivity index (χ3n) is 4.16. The van der Waals surface area contributed by atoms with Crippen LogP contribution >= 0.6 is 23.1 Å². The van der Waals surface area contributed by atoms with Gasteiger partial charge in [-0.25, -0.2) is 0 Å². The Balaban J connectivity index is 2.18. The Morgan fingerprint density at radius 3 is 2.48 bits per heavy atom. The zero-order valence-corrected chi connectivity index (χ0v) is 18.5. The molecule has 0 radical (unpaired) electrons. The Morgan fingerprint density at radius 1 is 1.11 bits per heavy atom. The molecular formula is C24H28NS2+. The minimum absolute atomic E-state index is 1.00. The van der Waals surface area contributed by atoms with E-state index in [4.69, 9.17) is 0 Å². The molecule has 3 heteroatoms. The van der Waals surface area contributed by atoms with Gasteiger partial charge >= 0.3 is 0 Å². The van der Waals surface area contributed by atoms with Crippen LogP contribution in [0.1, 0.15) is 32.7 Å². The Labute approximate surface area is 171 Å². The molecule has 1 aromatic carbocycles. The zero-order chi connectivity index (χ0) is 20.0. The fraction of sp³-hybridized carbons (Fsp3) is 0.208. The second-order valence-electron chi connectivity index (χ2n) is 6.51. The summed E-state index contributed by atoms with van der Waals surface area (Å²) >= 11 is 3.44. The molecule has 0 aliphatic carbocycles. The van der Waals surface area contributed by atoms with Crippen LogP contribution in [0.5, 0.6) is 0 Å². The molecule has 0 atom stereocenters. The van der Waals surface area contributed by atoms with Crippen molar-refractivity contribution in [2.75, 3.05) is 0 Å². The summed E-state index contributed by atoms with van der Waals surface area (Å²) in [7, 11) is 2.13. The largest absolute Gasteiger partial charge is 0.265 e. The fourth-order valence-electron chi connectivity index (χ4n) is 2.71. The standard InChI is InChI=1S/C24H28NS2/c1-8-11-20(5)26-21(6)18(3)15-14-17(2)16-19(4)24-25(7)22-12-9-10-13-23(22)27-24/h8-16H,5-6H2,1-4,7H3/q+1/b11-8-,17-14+,18-15+,19-16+. The van der Waals surface area contributed by atoms with Crippen molar-refractivity contribution in [3.63, 3.8) is 0 Å². The maximum atomic E-state index is 4.15. The molecular weight excluding hydrogens is 366 g/mol. The molecule has 0 aliphatic heterocycles. The molecule has 0 bridgehead atoms. The number of aryl methyl sites for hydroxylation is 1. The van der Waals surface area contributed by atoms with Crippen LogP contribution in [0.3, 0.4) is 0 Å². The second-order valence-corrected chi connectivity index (χ2v) is 8.77. The molecule has 0 spiro atoms. The van der Waals surface area contributed by atoms with Gasteiger partial charge in [0.25, 0.3) is 5.01 Å². The van der Waals surface area contributed by atoms with Crippen LogP contribution in [0, 0.1) is 0 Å². The summed E-state index contributed by atoms with van der Waals surface area (Å²) in [5.41, 5.74) is 4.92. The zero-order valence-electron chi connectivity index (χ0n) is 16.9. The highest BCUT2D eigenvalue weighted by atomic mass is 32.2. The highest BCUT2D eigenvalue weighted by Crippen LogP contribution is 2.29. The molecule has 1 heterocycles. The molecule has 0 saturated carbocycles. The van der Waals surface area contributed by atoms with Crippen LogP contribution in [0.25, 0.3) is 15.8 Å². The van der Waals surface area contributed by atoms with Crippen molar-refractivity contribution >= 4 is 38.9 Å². The van der Waals surface area contributed by atoms with Gasteiger partial charge in [0, 0.05) is 21.4 Å². The number of rotatable bonds is 7. The molecule has 0 saturated heterocycles. The van der Waals surface area contributed by atoms with E-state index in [0.29, 0.717) is 0 Å². The summed E-state index contributed by atoms with van der Waals surface area (Å²) < 4.78 is 3.58. The van der Waals surface area contributed by atoms with E-state index in [1.54, 1.807) is 11.8 Å². The molecule has 1 aromatic heterocycles. The van der Waals surface area contributed by atoms with Crippen LogP contribution in [0.2, 0.25) is 0 Å². The van der Waals surface area contributed by atoms with Crippen LogP contribution < -0.4 is 4.57 Å². The molecule has 0 aliphatic rings. The van der Waals surface area contributed by atoms with Crippen molar-refractivity contribution in [2.45, 2.75) is 27.7 Å². The monoisotopic (exact) mass is 394 g/mol. The van der Waals surface area contributed by atoms with Gasteiger partial charge in [-0.3, -0.25) is 0 Å². The summed E-state index contributed by atoms with van der Waals surface area (Å²) in [4.78, 5) is 2.03. The number of thiazole rings is 1. The van der Waals surface area contributed by atoms with E-state index in [9.17, 15) is 0 Å². The van der Waals surface area contributed by atoms with Gasteiger partial charge in [-0.2, -0.15) is 4.57 Å². The van der Waals surface area contributed by atoms with Crippen molar-refractivity contribution in [2.24, 2.45) is 7.05 Å². The van der Waals surface area contributed by atoms with E-state index in [0.717, 1.165) is 15.4 Å². The van der Waals surface area contributed by atoms with Crippen molar-refractivity contribution in [3.8, 4) is 0 Å². The number of para-hydroxylation sites is 1. The summed E-state index contributed by atoms with van der Waals surface area (Å²) in [5.74, 6) is 0. The quantitative estimate of drug-likeness (QED) is 0.350. The fourth-order valence-corrected chi connectivity index (χ4v) is 4.58. The molecule has 0 fully saturated rings. The molecule has 0 N–H and O–H groups in total. The summed E-state index contributed by atoms with van der Waals surface area (Å²) in [5, 5.41) is 1.28. The third-order valence-corrected chi connectivity index (χ3v) is 6.48. The maximum absolute atomic E-state index is 4.15. The van der Waals surface area contributed by atoms with E-state index in [1.165, 1.54) is 26.4 Å². The molecule has 0 unspecified atom stereocenters. The third kappa shape index (κ3) is 5.69. The van der Waals surface area contributed by atoms with Crippen LogP contribution in [-0.4, -0.2) is 0 Å². The lowest BCUT2D eigenvalue weighted by Gasteiger charge is -2.04. The van der Waals surface area contributed by atoms with Crippen molar-refractivity contribution in [1.82, 2.24) is 0 Å². The number of fused-ring (bicyclic) bond motifs is 1. The van der Waals surface area contributed by atoms with Crippen LogP contribution in [0.15, 0.2) is 88.8 Å². The first-order valence-corrected chi connectivity index (χ1v) is 10.6. The first-order valence-electron chi connectivity index (χ1n) is 8.93. The minimum atomic E-state index is 1.00. The van der Waals surface area contributed by atoms with E-state index in [2.05, 4.69) is 88.0 Å². The summed E-state index contributed by atoms with van der Waals surface area (Å²) in [6.45, 7) is 16.6. The maximum Gasteiger partial charge on any atom is 0.265 e. The highest BCUT2D eigenvalue weighted by molar-refractivity contribution is 8.07. The van der Waals surface area contributed by atoms with Crippen LogP contribution in [-0.2, 0) is 7.05 Å². The van der Waals surface area contributed by atoms with Crippen molar-refractivity contribution in [3.05, 3.63) is 93.8 Å². The molecule has 27 heavy (non-hydrogen) atoms. The minimum Gasteiger partial charge on any atom is -0.185 e. The lowest BCUT2D eigenvalue weighted by Crippen LogP contribution is -2.29. The predicted molar refractivity (Wildman–Crippen MR) is 125 cm³/mol. The average Bonchev–Trinajstić information content (AvgIpc) is 2.97. The molecule has 2 aromatic rings. The number of benzene rings is 1. The van der Waals surface area contributed by atoms with E-state index >= 15 is 0 Å². The van der Waals surface area contributed by atoms with Gasteiger partial charge in [0.2, 0.25) is 5.52 Å². The van der Waals surface area contributed by atoms with E-state index < -0.39 is 0 Å². The van der Waals surface area contributed by atoms with E-state index in [1.807, 2.05) is 30.4 Å². The summed E-state index contributed by atoms with van der Waals surface area (Å²) in [6, 6.07) is 8.53. The Morgan fingerprint density at radius 2 is 1.81 bits per heavy atom. The Hall–Kier alpha value is -2.10. The Kier molecular flexibility index (Phi) is 7.64. The van der Waals surface area contributed by atoms with Gasteiger partial charge in [0.05, 0.1) is 0 Å². The number of hydrogen-bond acceptors (Lipinski definition) is 2. The predicted octanol–water partition coefficient (Wildman–Crippen LogP) is 7.36. The van der Waals surface area contributed by atoms with Crippen molar-refractivity contribution < 1.29 is 4.57 Å². The van der Waals surface area contributed by atoms with Gasteiger partial charge in [-0.1, -0.05) is 78.3 Å². The van der Waals surface area contributed by atoms with Gasteiger partial charge in [-0.05, 0) is 45.4 Å². The number of aromatic nitrogens is 1. The van der Waals surface area contributed by atoms with Gasteiger partial charge in [0.15, 0.2) is 0 Å². The van der Waals surface area contributed by atoms with Crippen LogP contribution in [0.4, 0.5) is 0 Å². The first kappa shape index (κ1) is 21.2. The normalized spacial score (nSPS) is 13.6. The topological polar surface area (TPSA) is 3.88 Å². The van der Waals surface area contributed by atoms with Gasteiger partial charge in [-0.15, -0.1) is 0 Å². The SMILES string of the molecule is C=C(/C=C\C)SC(=C)/C(C)=C/C=C(C)/C=C(\C)c1sc2ccccc2[n+]1C. The highest BCUT2D eigenvalue weighted by Gasteiger charge is 2.17. The number of thioether (sulfide) groups is 1. The Bertz CT molecular complexity index is 981. The van der Waals surface area contributed by atoms with Gasteiger partial charge in [0.1, 0.15) is 11.7 Å². The number of hydrogen-bond donors (Lipinski definition) is 0. The smallest absolute Gasteiger partial charge is 0.185 e. The number of allylic oxidation sites excluding steroid dienone is 8. The van der Waals surface area contributed by atoms with Gasteiger partial charge < -0.3 is 0 Å². The average molecular weight is 395 g/mol. The molecule has 1 nitrogen and oxygen atoms in total.